The van der Waals surface area contributed by atoms with Crippen molar-refractivity contribution in [3.05, 3.63) is 54.7 Å². The Kier molecular flexibility index (Phi) is 5.43. The van der Waals surface area contributed by atoms with Crippen LogP contribution in [0.4, 0.5) is 0 Å². The van der Waals surface area contributed by atoms with Crippen LogP contribution < -0.4 is 5.32 Å². The zero-order valence-electron chi connectivity index (χ0n) is 15.8. The Morgan fingerprint density at radius 3 is 2.79 bits per heavy atom. The number of nitrogens with zero attached hydrogens (tertiary/aromatic N) is 4. The molecule has 28 heavy (non-hydrogen) atoms. The fraction of sp³-hybridized carbons (Fsp3) is 0.333. The van der Waals surface area contributed by atoms with Crippen molar-refractivity contribution in [1.82, 2.24) is 25.1 Å². The molecule has 0 aromatic carbocycles. The standard InChI is InChI=1S/C21H23N5O2/c1-15-4-5-17(13-24-15)20-18(16-6-8-22-9-7-16)14-25-26(20)11-10-23-21(27)19-3-2-12-28-19/h4-9,13-14,19H,2-3,10-12H2,1H3,(H,23,27). The summed E-state index contributed by atoms with van der Waals surface area (Å²) >= 11 is 0. The Balaban J connectivity index is 1.57. The number of aromatic nitrogens is 4. The molecule has 144 valence electrons. The van der Waals surface area contributed by atoms with Crippen molar-refractivity contribution in [1.29, 1.82) is 0 Å². The van der Waals surface area contributed by atoms with Crippen LogP contribution in [0.15, 0.2) is 49.1 Å². The van der Waals surface area contributed by atoms with Gasteiger partial charge in [0.25, 0.3) is 0 Å². The van der Waals surface area contributed by atoms with Crippen molar-refractivity contribution in [3.8, 4) is 22.4 Å². The van der Waals surface area contributed by atoms with Crippen molar-refractivity contribution in [2.75, 3.05) is 13.2 Å². The molecule has 1 atom stereocenters. The maximum atomic E-state index is 12.2. The Hall–Kier alpha value is -3.06. The van der Waals surface area contributed by atoms with E-state index in [9.17, 15) is 4.79 Å². The van der Waals surface area contributed by atoms with E-state index in [0.29, 0.717) is 19.7 Å². The molecule has 7 heteroatoms. The van der Waals surface area contributed by atoms with Crippen LogP contribution >= 0.6 is 0 Å². The summed E-state index contributed by atoms with van der Waals surface area (Å²) in [7, 11) is 0. The van der Waals surface area contributed by atoms with Gasteiger partial charge in [0.15, 0.2) is 0 Å². The fourth-order valence-electron chi connectivity index (χ4n) is 3.39. The van der Waals surface area contributed by atoms with Gasteiger partial charge < -0.3 is 10.1 Å². The monoisotopic (exact) mass is 377 g/mol. The number of carbonyl (C=O) groups is 1. The SMILES string of the molecule is Cc1ccc(-c2c(-c3ccncc3)cnn2CCNC(=O)C2CCCO2)cn1. The van der Waals surface area contributed by atoms with Crippen LogP contribution in [-0.4, -0.2) is 44.9 Å². The second kappa shape index (κ2) is 8.31. The Morgan fingerprint density at radius 1 is 1.21 bits per heavy atom. The molecular weight excluding hydrogens is 354 g/mol. The van der Waals surface area contributed by atoms with E-state index in [-0.39, 0.29) is 12.0 Å². The van der Waals surface area contributed by atoms with E-state index in [4.69, 9.17) is 4.74 Å². The first kappa shape index (κ1) is 18.3. The van der Waals surface area contributed by atoms with E-state index in [1.807, 2.05) is 48.3 Å². The molecule has 0 aliphatic carbocycles. The molecule has 4 heterocycles. The second-order valence-corrected chi connectivity index (χ2v) is 6.85. The van der Waals surface area contributed by atoms with E-state index < -0.39 is 0 Å². The summed E-state index contributed by atoms with van der Waals surface area (Å²) < 4.78 is 7.35. The normalized spacial score (nSPS) is 16.2. The van der Waals surface area contributed by atoms with Crippen molar-refractivity contribution >= 4 is 5.91 Å². The summed E-state index contributed by atoms with van der Waals surface area (Å²) in [6.45, 7) is 3.68. The molecule has 0 radical (unpaired) electrons. The third kappa shape index (κ3) is 3.94. The van der Waals surface area contributed by atoms with E-state index >= 15 is 0 Å². The zero-order chi connectivity index (χ0) is 19.3. The smallest absolute Gasteiger partial charge is 0.249 e. The molecule has 1 fully saturated rings. The van der Waals surface area contributed by atoms with E-state index in [1.54, 1.807) is 12.4 Å². The summed E-state index contributed by atoms with van der Waals surface area (Å²) in [5.74, 6) is -0.0439. The molecule has 1 saturated heterocycles. The lowest BCUT2D eigenvalue weighted by Crippen LogP contribution is -2.36. The van der Waals surface area contributed by atoms with Crippen molar-refractivity contribution in [2.45, 2.75) is 32.4 Å². The maximum absolute atomic E-state index is 12.2. The molecule has 0 spiro atoms. The number of amides is 1. The molecule has 1 aliphatic heterocycles. The number of rotatable bonds is 6. The lowest BCUT2D eigenvalue weighted by atomic mass is 10.0. The second-order valence-electron chi connectivity index (χ2n) is 6.85. The highest BCUT2D eigenvalue weighted by Crippen LogP contribution is 2.31. The number of carbonyl (C=O) groups excluding carboxylic acids is 1. The molecular formula is C21H23N5O2. The molecule has 1 amide bonds. The molecule has 4 rings (SSSR count). The quantitative estimate of drug-likeness (QED) is 0.714. The van der Waals surface area contributed by atoms with Gasteiger partial charge in [-0.1, -0.05) is 0 Å². The molecule has 3 aromatic rings. The number of hydrogen-bond donors (Lipinski definition) is 1. The van der Waals surface area contributed by atoms with E-state index in [1.165, 1.54) is 0 Å². The lowest BCUT2D eigenvalue weighted by molar-refractivity contribution is -0.130. The topological polar surface area (TPSA) is 81.9 Å². The first-order valence-electron chi connectivity index (χ1n) is 9.51. The van der Waals surface area contributed by atoms with Crippen LogP contribution in [0.1, 0.15) is 18.5 Å². The van der Waals surface area contributed by atoms with Gasteiger partial charge in [0.2, 0.25) is 5.91 Å². The molecule has 1 unspecified atom stereocenters. The number of ether oxygens (including phenoxy) is 1. The minimum Gasteiger partial charge on any atom is -0.368 e. The van der Waals surface area contributed by atoms with Crippen LogP contribution in [0.5, 0.6) is 0 Å². The summed E-state index contributed by atoms with van der Waals surface area (Å²) in [6.07, 6.45) is 8.67. The minimum atomic E-state index is -0.314. The van der Waals surface area contributed by atoms with Gasteiger partial charge in [-0.2, -0.15) is 5.10 Å². The largest absolute Gasteiger partial charge is 0.368 e. The maximum Gasteiger partial charge on any atom is 0.249 e. The van der Waals surface area contributed by atoms with Crippen molar-refractivity contribution in [3.63, 3.8) is 0 Å². The minimum absolute atomic E-state index is 0.0439. The van der Waals surface area contributed by atoms with Gasteiger partial charge in [0.05, 0.1) is 18.4 Å². The van der Waals surface area contributed by atoms with Crippen molar-refractivity contribution < 1.29 is 9.53 Å². The van der Waals surface area contributed by atoms with E-state index in [2.05, 4.69) is 20.4 Å². The average molecular weight is 377 g/mol. The van der Waals surface area contributed by atoms with Gasteiger partial charge in [0, 0.05) is 48.6 Å². The summed E-state index contributed by atoms with van der Waals surface area (Å²) in [5, 5.41) is 7.53. The highest BCUT2D eigenvalue weighted by molar-refractivity contribution is 5.81. The molecule has 1 N–H and O–H groups in total. The number of nitrogens with one attached hydrogen (secondary N) is 1. The first-order chi connectivity index (χ1) is 13.7. The van der Waals surface area contributed by atoms with Crippen LogP contribution in [-0.2, 0) is 16.1 Å². The summed E-state index contributed by atoms with van der Waals surface area (Å²) in [6, 6.07) is 7.96. The van der Waals surface area contributed by atoms with Crippen LogP contribution in [0.25, 0.3) is 22.4 Å². The summed E-state index contributed by atoms with van der Waals surface area (Å²) in [4.78, 5) is 20.7. The van der Waals surface area contributed by atoms with Gasteiger partial charge in [-0.3, -0.25) is 19.4 Å². The fourth-order valence-corrected chi connectivity index (χ4v) is 3.39. The molecule has 1 aliphatic rings. The van der Waals surface area contributed by atoms with Gasteiger partial charge in [0.1, 0.15) is 6.10 Å². The third-order valence-corrected chi connectivity index (χ3v) is 4.86. The lowest BCUT2D eigenvalue weighted by Gasteiger charge is -2.13. The third-order valence-electron chi connectivity index (χ3n) is 4.86. The van der Waals surface area contributed by atoms with Crippen LogP contribution in [0, 0.1) is 6.92 Å². The van der Waals surface area contributed by atoms with Crippen LogP contribution in [0.2, 0.25) is 0 Å². The highest BCUT2D eigenvalue weighted by atomic mass is 16.5. The van der Waals surface area contributed by atoms with Crippen molar-refractivity contribution in [2.24, 2.45) is 0 Å². The van der Waals surface area contributed by atoms with Gasteiger partial charge >= 0.3 is 0 Å². The van der Waals surface area contributed by atoms with E-state index in [0.717, 1.165) is 40.9 Å². The highest BCUT2D eigenvalue weighted by Gasteiger charge is 2.23. The molecule has 0 saturated carbocycles. The zero-order valence-corrected chi connectivity index (χ0v) is 15.8. The first-order valence-corrected chi connectivity index (χ1v) is 9.51. The number of aryl methyl sites for hydroxylation is 1. The molecule has 3 aromatic heterocycles. The average Bonchev–Trinajstić information content (AvgIpc) is 3.40. The predicted molar refractivity (Wildman–Crippen MR) is 105 cm³/mol. The van der Waals surface area contributed by atoms with Gasteiger partial charge in [-0.05, 0) is 49.6 Å². The summed E-state index contributed by atoms with van der Waals surface area (Å²) in [5.41, 5.74) is 4.98. The Morgan fingerprint density at radius 2 is 2.07 bits per heavy atom. The number of pyridine rings is 2. The molecule has 0 bridgehead atoms. The van der Waals surface area contributed by atoms with Crippen LogP contribution in [0.3, 0.4) is 0 Å². The number of hydrogen-bond acceptors (Lipinski definition) is 5. The molecule has 7 nitrogen and oxygen atoms in total. The Bertz CT molecular complexity index is 931. The predicted octanol–water partition coefficient (Wildman–Crippen LogP) is 2.61. The van der Waals surface area contributed by atoms with Gasteiger partial charge in [-0.15, -0.1) is 0 Å². The van der Waals surface area contributed by atoms with Gasteiger partial charge in [-0.25, -0.2) is 0 Å². The Labute approximate surface area is 163 Å².